The average Bonchev–Trinajstić information content (AvgIpc) is 3.13. The maximum Gasteiger partial charge on any atom is 0.148 e. The normalized spacial score (nSPS) is 16.2. The monoisotopic (exact) mass is 395 g/mol. The molecule has 0 radical (unpaired) electrons. The Kier molecular flexibility index (Phi) is 8.57. The van der Waals surface area contributed by atoms with Crippen molar-refractivity contribution in [2.45, 2.75) is 72.3 Å². The molecule has 0 aromatic carbocycles. The summed E-state index contributed by atoms with van der Waals surface area (Å²) in [4.78, 5) is 8.75. The van der Waals surface area contributed by atoms with Crippen LogP contribution in [0, 0.1) is 23.2 Å². The number of nitriles is 1. The van der Waals surface area contributed by atoms with Crippen LogP contribution in [0.3, 0.4) is 0 Å². The topological polar surface area (TPSA) is 48.1 Å². The van der Waals surface area contributed by atoms with Crippen LogP contribution >= 0.6 is 0 Å². The van der Waals surface area contributed by atoms with Gasteiger partial charge in [0, 0.05) is 26.2 Å². The smallest absolute Gasteiger partial charge is 0.148 e. The molecule has 158 valence electrons. The van der Waals surface area contributed by atoms with Crippen LogP contribution in [0.1, 0.15) is 71.4 Å². The molecule has 0 fully saturated rings. The van der Waals surface area contributed by atoms with E-state index in [0.29, 0.717) is 18.3 Å². The highest BCUT2D eigenvalue weighted by Crippen LogP contribution is 2.37. The van der Waals surface area contributed by atoms with Gasteiger partial charge in [0.25, 0.3) is 0 Å². The molecule has 2 unspecified atom stereocenters. The molecule has 5 nitrogen and oxygen atoms in total. The Bertz CT molecular complexity index is 767. The maximum atomic E-state index is 8.70. The van der Waals surface area contributed by atoms with Crippen LogP contribution in [0.2, 0.25) is 0 Å². The third-order valence-corrected chi connectivity index (χ3v) is 6.09. The van der Waals surface area contributed by atoms with Crippen molar-refractivity contribution in [3.05, 3.63) is 43.3 Å². The summed E-state index contributed by atoms with van der Waals surface area (Å²) in [5.74, 6) is 3.36. The summed E-state index contributed by atoms with van der Waals surface area (Å²) in [5.41, 5.74) is 1.82. The van der Waals surface area contributed by atoms with Crippen LogP contribution in [-0.4, -0.2) is 21.5 Å². The molecular weight excluding hydrogens is 358 g/mol. The standard InChI is InChI=1S/C24H37N5/c1-7-16-29-21(5)27(6)20(4)23-24(29)28(18-26-23)17-14-22(8-2)13-12-19(3)11-9-10-15-25/h7,16,18-19,22H,4-5,8-14,17H2,1-3,6H3/b16-7-. The van der Waals surface area contributed by atoms with Crippen molar-refractivity contribution < 1.29 is 0 Å². The second kappa shape index (κ2) is 10.9. The highest BCUT2D eigenvalue weighted by Gasteiger charge is 2.30. The zero-order valence-corrected chi connectivity index (χ0v) is 18.7. The third kappa shape index (κ3) is 5.53. The van der Waals surface area contributed by atoms with Crippen molar-refractivity contribution in [2.75, 3.05) is 11.9 Å². The summed E-state index contributed by atoms with van der Waals surface area (Å²) in [6.07, 6.45) is 13.7. The van der Waals surface area contributed by atoms with Crippen molar-refractivity contribution in [1.82, 2.24) is 14.5 Å². The molecule has 0 spiro atoms. The molecule has 0 amide bonds. The first-order valence-corrected chi connectivity index (χ1v) is 10.9. The van der Waals surface area contributed by atoms with E-state index in [1.807, 2.05) is 37.5 Å². The molecule has 1 aliphatic rings. The first kappa shape index (κ1) is 22.8. The van der Waals surface area contributed by atoms with E-state index in [2.05, 4.69) is 47.5 Å². The first-order valence-electron chi connectivity index (χ1n) is 10.9. The molecule has 0 N–H and O–H groups in total. The highest BCUT2D eigenvalue weighted by molar-refractivity contribution is 5.77. The van der Waals surface area contributed by atoms with E-state index in [1.54, 1.807) is 0 Å². The van der Waals surface area contributed by atoms with Gasteiger partial charge in [0.2, 0.25) is 0 Å². The predicted molar refractivity (Wildman–Crippen MR) is 122 cm³/mol. The molecule has 0 aliphatic carbocycles. The van der Waals surface area contributed by atoms with Crippen molar-refractivity contribution in [1.29, 1.82) is 5.26 Å². The largest absolute Gasteiger partial charge is 0.330 e. The Morgan fingerprint density at radius 2 is 2.00 bits per heavy atom. The van der Waals surface area contributed by atoms with Crippen molar-refractivity contribution in [2.24, 2.45) is 11.8 Å². The second-order valence-corrected chi connectivity index (χ2v) is 8.18. The lowest BCUT2D eigenvalue weighted by molar-refractivity contribution is 0.352. The fourth-order valence-electron chi connectivity index (χ4n) is 3.97. The number of aryl methyl sites for hydroxylation is 1. The Morgan fingerprint density at radius 1 is 1.24 bits per heavy atom. The molecule has 2 rings (SSSR count). The average molecular weight is 396 g/mol. The number of fused-ring (bicyclic) bond motifs is 1. The van der Waals surface area contributed by atoms with E-state index >= 15 is 0 Å². The van der Waals surface area contributed by atoms with Crippen molar-refractivity contribution in [3.8, 4) is 6.07 Å². The quantitative estimate of drug-likeness (QED) is 0.422. The number of nitrogens with zero attached hydrogens (tertiary/aromatic N) is 5. The number of unbranched alkanes of at least 4 members (excludes halogenated alkanes) is 1. The number of hydrogen-bond donors (Lipinski definition) is 0. The molecule has 0 saturated carbocycles. The van der Waals surface area contributed by atoms with Gasteiger partial charge in [-0.15, -0.1) is 0 Å². The second-order valence-electron chi connectivity index (χ2n) is 8.18. The van der Waals surface area contributed by atoms with E-state index < -0.39 is 0 Å². The summed E-state index contributed by atoms with van der Waals surface area (Å²) in [6.45, 7) is 16.0. The maximum absolute atomic E-state index is 8.70. The Balaban J connectivity index is 2.02. The van der Waals surface area contributed by atoms with Crippen LogP contribution in [0.25, 0.3) is 5.70 Å². The van der Waals surface area contributed by atoms with Gasteiger partial charge in [-0.25, -0.2) is 4.98 Å². The Labute approximate surface area is 177 Å². The summed E-state index contributed by atoms with van der Waals surface area (Å²) in [5, 5.41) is 8.70. The van der Waals surface area contributed by atoms with Gasteiger partial charge < -0.3 is 9.47 Å². The minimum Gasteiger partial charge on any atom is -0.330 e. The van der Waals surface area contributed by atoms with E-state index in [4.69, 9.17) is 5.26 Å². The fraction of sp³-hybridized carbons (Fsp3) is 0.583. The number of imidazole rings is 1. The van der Waals surface area contributed by atoms with Gasteiger partial charge in [-0.3, -0.25) is 4.90 Å². The third-order valence-electron chi connectivity index (χ3n) is 6.09. The van der Waals surface area contributed by atoms with Gasteiger partial charge in [0.1, 0.15) is 17.3 Å². The first-order chi connectivity index (χ1) is 13.9. The lowest BCUT2D eigenvalue weighted by atomic mass is 9.90. The van der Waals surface area contributed by atoms with Gasteiger partial charge in [0.05, 0.1) is 18.1 Å². The lowest BCUT2D eigenvalue weighted by Gasteiger charge is -2.37. The highest BCUT2D eigenvalue weighted by atomic mass is 15.4. The molecule has 1 aromatic heterocycles. The number of anilines is 1. The molecule has 2 atom stereocenters. The molecule has 5 heteroatoms. The minimum absolute atomic E-state index is 0.682. The van der Waals surface area contributed by atoms with Gasteiger partial charge in [-0.2, -0.15) is 5.26 Å². The van der Waals surface area contributed by atoms with Crippen molar-refractivity contribution >= 4 is 11.5 Å². The summed E-state index contributed by atoms with van der Waals surface area (Å²) in [7, 11) is 1.98. The van der Waals surface area contributed by atoms with E-state index in [1.165, 1.54) is 19.3 Å². The molecule has 29 heavy (non-hydrogen) atoms. The van der Waals surface area contributed by atoms with E-state index in [-0.39, 0.29) is 0 Å². The molecule has 2 heterocycles. The number of rotatable bonds is 11. The number of allylic oxidation sites excluding steroid dienone is 1. The van der Waals surface area contributed by atoms with Gasteiger partial charge in [-0.05, 0) is 38.0 Å². The van der Waals surface area contributed by atoms with E-state index in [9.17, 15) is 0 Å². The lowest BCUT2D eigenvalue weighted by Crippen LogP contribution is -2.34. The van der Waals surface area contributed by atoms with Crippen LogP contribution in [0.15, 0.2) is 37.6 Å². The number of aromatic nitrogens is 2. The Hall–Kier alpha value is -2.48. The summed E-state index contributed by atoms with van der Waals surface area (Å²) < 4.78 is 2.25. The van der Waals surface area contributed by atoms with Gasteiger partial charge in [0.15, 0.2) is 0 Å². The van der Waals surface area contributed by atoms with Gasteiger partial charge in [-0.1, -0.05) is 52.3 Å². The van der Waals surface area contributed by atoms with Crippen LogP contribution in [0.5, 0.6) is 0 Å². The Morgan fingerprint density at radius 3 is 2.66 bits per heavy atom. The molecular formula is C24H37N5. The minimum atomic E-state index is 0.682. The van der Waals surface area contributed by atoms with Gasteiger partial charge >= 0.3 is 0 Å². The van der Waals surface area contributed by atoms with Crippen LogP contribution < -0.4 is 4.90 Å². The molecule has 0 bridgehead atoms. The van der Waals surface area contributed by atoms with Crippen molar-refractivity contribution in [3.63, 3.8) is 0 Å². The zero-order chi connectivity index (χ0) is 21.4. The zero-order valence-electron chi connectivity index (χ0n) is 18.7. The van der Waals surface area contributed by atoms with E-state index in [0.717, 1.165) is 48.8 Å². The molecule has 0 saturated heterocycles. The molecule has 1 aromatic rings. The molecule has 1 aliphatic heterocycles. The fourth-order valence-corrected chi connectivity index (χ4v) is 3.97. The van der Waals surface area contributed by atoms with Crippen LogP contribution in [-0.2, 0) is 6.54 Å². The summed E-state index contributed by atoms with van der Waals surface area (Å²) in [6, 6.07) is 2.25. The predicted octanol–water partition coefficient (Wildman–Crippen LogP) is 6.14. The number of hydrogen-bond acceptors (Lipinski definition) is 4. The SMILES string of the molecule is C=C1c2ncn(CCC(CC)CCC(C)CCCC#N)c2N(/C=C\C)C(=C)N1C. The van der Waals surface area contributed by atoms with Crippen LogP contribution in [0.4, 0.5) is 5.82 Å². The summed E-state index contributed by atoms with van der Waals surface area (Å²) >= 11 is 0.